The second kappa shape index (κ2) is 6.29. The molecule has 0 aliphatic carbocycles. The Bertz CT molecular complexity index is 626. The number of nitrogens with one attached hydrogen (secondary N) is 1. The number of amides is 1. The lowest BCUT2D eigenvalue weighted by Crippen LogP contribution is -2.63. The highest BCUT2D eigenvalue weighted by atomic mass is 16.6. The van der Waals surface area contributed by atoms with Crippen LogP contribution in [0.3, 0.4) is 0 Å². The van der Waals surface area contributed by atoms with E-state index >= 15 is 0 Å². The van der Waals surface area contributed by atoms with Gasteiger partial charge in [-0.15, -0.1) is 0 Å². The van der Waals surface area contributed by atoms with Gasteiger partial charge in [-0.25, -0.2) is 9.97 Å². The van der Waals surface area contributed by atoms with Gasteiger partial charge in [-0.05, 0) is 39.7 Å². The average Bonchev–Trinajstić information content (AvgIpc) is 2.52. The monoisotopic (exact) mass is 334 g/mol. The molecule has 0 bridgehead atoms. The normalized spacial score (nSPS) is 26.4. The van der Waals surface area contributed by atoms with E-state index in [1.165, 1.54) is 0 Å². The standard InChI is InChI=1S/C17H26N4O3/c1-12-8-13(20-15(18-4)19-12)14(22)21-9-16(2,3)24-17(10-21)6-5-7-23-11-17/h8H,5-7,9-11H2,1-4H3,(H,18,19,20). The second-order valence-electron chi connectivity index (χ2n) is 7.33. The molecule has 0 aromatic carbocycles. The van der Waals surface area contributed by atoms with Crippen molar-refractivity contribution in [2.24, 2.45) is 0 Å². The lowest BCUT2D eigenvalue weighted by Gasteiger charge is -2.51. The van der Waals surface area contributed by atoms with E-state index < -0.39 is 11.2 Å². The van der Waals surface area contributed by atoms with Crippen molar-refractivity contribution in [1.82, 2.24) is 14.9 Å². The van der Waals surface area contributed by atoms with Gasteiger partial charge in [-0.1, -0.05) is 0 Å². The second-order valence-corrected chi connectivity index (χ2v) is 7.33. The summed E-state index contributed by atoms with van der Waals surface area (Å²) in [4.78, 5) is 23.5. The summed E-state index contributed by atoms with van der Waals surface area (Å²) in [6, 6.07) is 1.73. The molecule has 3 rings (SSSR count). The van der Waals surface area contributed by atoms with Gasteiger partial charge < -0.3 is 19.7 Å². The molecule has 1 amide bonds. The lowest BCUT2D eigenvalue weighted by molar-refractivity contribution is -0.225. The largest absolute Gasteiger partial charge is 0.378 e. The molecule has 2 aliphatic heterocycles. The summed E-state index contributed by atoms with van der Waals surface area (Å²) in [5, 5.41) is 2.90. The average molecular weight is 334 g/mol. The number of rotatable bonds is 2. The third kappa shape index (κ3) is 3.52. The van der Waals surface area contributed by atoms with E-state index in [1.54, 1.807) is 13.1 Å². The highest BCUT2D eigenvalue weighted by Gasteiger charge is 2.47. The minimum atomic E-state index is -0.414. The molecule has 2 fully saturated rings. The molecule has 2 aliphatic rings. The van der Waals surface area contributed by atoms with Crippen LogP contribution in [0.5, 0.6) is 0 Å². The van der Waals surface area contributed by atoms with Crippen molar-refractivity contribution in [1.29, 1.82) is 0 Å². The van der Waals surface area contributed by atoms with Crippen molar-refractivity contribution in [2.75, 3.05) is 38.7 Å². The third-order valence-corrected chi connectivity index (χ3v) is 4.41. The van der Waals surface area contributed by atoms with Gasteiger partial charge in [-0.3, -0.25) is 4.79 Å². The Balaban J connectivity index is 1.87. The molecular formula is C17H26N4O3. The molecular weight excluding hydrogens is 308 g/mol. The van der Waals surface area contributed by atoms with Gasteiger partial charge >= 0.3 is 0 Å². The van der Waals surface area contributed by atoms with Gasteiger partial charge in [0.05, 0.1) is 18.8 Å². The molecule has 3 heterocycles. The number of hydrogen-bond donors (Lipinski definition) is 1. The molecule has 7 nitrogen and oxygen atoms in total. The van der Waals surface area contributed by atoms with Crippen LogP contribution in [0, 0.1) is 6.92 Å². The summed E-state index contributed by atoms with van der Waals surface area (Å²) in [6.45, 7) is 8.26. The number of carbonyl (C=O) groups is 1. The number of morpholine rings is 1. The molecule has 0 radical (unpaired) electrons. The van der Waals surface area contributed by atoms with Crippen molar-refractivity contribution < 1.29 is 14.3 Å². The zero-order valence-corrected chi connectivity index (χ0v) is 14.9. The summed E-state index contributed by atoms with van der Waals surface area (Å²) in [6.07, 6.45) is 1.86. The van der Waals surface area contributed by atoms with Gasteiger partial charge in [0, 0.05) is 25.9 Å². The number of hydrogen-bond acceptors (Lipinski definition) is 6. The number of aryl methyl sites for hydroxylation is 1. The van der Waals surface area contributed by atoms with Crippen LogP contribution < -0.4 is 5.32 Å². The Morgan fingerprint density at radius 2 is 2.12 bits per heavy atom. The van der Waals surface area contributed by atoms with Crippen LogP contribution in [0.2, 0.25) is 0 Å². The van der Waals surface area contributed by atoms with Gasteiger partial charge in [0.1, 0.15) is 11.3 Å². The maximum absolute atomic E-state index is 13.0. The Morgan fingerprint density at radius 1 is 1.33 bits per heavy atom. The van der Waals surface area contributed by atoms with Crippen LogP contribution in [0.25, 0.3) is 0 Å². The maximum Gasteiger partial charge on any atom is 0.272 e. The van der Waals surface area contributed by atoms with Crippen LogP contribution in [-0.2, 0) is 9.47 Å². The van der Waals surface area contributed by atoms with E-state index in [9.17, 15) is 4.79 Å². The SMILES string of the molecule is CNc1nc(C)cc(C(=O)N2CC(C)(C)OC3(CCCOC3)C2)n1. The zero-order valence-electron chi connectivity index (χ0n) is 14.9. The minimum Gasteiger partial charge on any atom is -0.378 e. The van der Waals surface area contributed by atoms with Crippen molar-refractivity contribution in [3.63, 3.8) is 0 Å². The molecule has 1 spiro atoms. The molecule has 1 atom stereocenters. The van der Waals surface area contributed by atoms with Crippen LogP contribution in [0.4, 0.5) is 5.95 Å². The summed E-state index contributed by atoms with van der Waals surface area (Å²) in [5.74, 6) is 0.375. The minimum absolute atomic E-state index is 0.0849. The molecule has 1 unspecified atom stereocenters. The van der Waals surface area contributed by atoms with Gasteiger partial charge in [0.2, 0.25) is 5.95 Å². The third-order valence-electron chi connectivity index (χ3n) is 4.41. The summed E-state index contributed by atoms with van der Waals surface area (Å²) >= 11 is 0. The quantitative estimate of drug-likeness (QED) is 0.886. The summed E-state index contributed by atoms with van der Waals surface area (Å²) in [7, 11) is 1.75. The fraction of sp³-hybridized carbons (Fsp3) is 0.706. The summed E-state index contributed by atoms with van der Waals surface area (Å²) in [5.41, 5.74) is 0.351. The van der Waals surface area contributed by atoms with Crippen LogP contribution in [-0.4, -0.2) is 65.3 Å². The van der Waals surface area contributed by atoms with Gasteiger partial charge in [0.15, 0.2) is 0 Å². The first-order chi connectivity index (χ1) is 11.3. The highest BCUT2D eigenvalue weighted by molar-refractivity contribution is 5.93. The van der Waals surface area contributed by atoms with Crippen molar-refractivity contribution in [2.45, 2.75) is 44.8 Å². The number of anilines is 1. The van der Waals surface area contributed by atoms with Crippen LogP contribution in [0.1, 0.15) is 42.9 Å². The Hall–Kier alpha value is -1.73. The molecule has 1 aromatic heterocycles. The van der Waals surface area contributed by atoms with E-state index in [-0.39, 0.29) is 5.91 Å². The molecule has 0 saturated carbocycles. The predicted molar refractivity (Wildman–Crippen MR) is 90.2 cm³/mol. The first-order valence-corrected chi connectivity index (χ1v) is 8.43. The maximum atomic E-state index is 13.0. The van der Waals surface area contributed by atoms with Crippen LogP contribution in [0.15, 0.2) is 6.07 Å². The van der Waals surface area contributed by atoms with Gasteiger partial charge in [0.25, 0.3) is 5.91 Å². The Kier molecular flexibility index (Phi) is 4.48. The lowest BCUT2D eigenvalue weighted by atomic mass is 9.90. The smallest absolute Gasteiger partial charge is 0.272 e. The van der Waals surface area contributed by atoms with Crippen molar-refractivity contribution in [3.8, 4) is 0 Å². The van der Waals surface area contributed by atoms with E-state index in [2.05, 4.69) is 15.3 Å². The molecule has 2 saturated heterocycles. The Morgan fingerprint density at radius 3 is 2.79 bits per heavy atom. The number of aromatic nitrogens is 2. The summed E-state index contributed by atoms with van der Waals surface area (Å²) < 4.78 is 12.0. The molecule has 7 heteroatoms. The number of carbonyl (C=O) groups excluding carboxylic acids is 1. The molecule has 1 aromatic rings. The first kappa shape index (κ1) is 17.1. The first-order valence-electron chi connectivity index (χ1n) is 8.43. The number of ether oxygens (including phenoxy) is 2. The molecule has 24 heavy (non-hydrogen) atoms. The predicted octanol–water partition coefficient (Wildman–Crippen LogP) is 1.63. The Labute approximate surface area is 142 Å². The fourth-order valence-electron chi connectivity index (χ4n) is 3.64. The van der Waals surface area contributed by atoms with Crippen LogP contribution >= 0.6 is 0 Å². The van der Waals surface area contributed by atoms with Crippen molar-refractivity contribution in [3.05, 3.63) is 17.5 Å². The molecule has 132 valence electrons. The fourth-order valence-corrected chi connectivity index (χ4v) is 3.64. The number of nitrogens with zero attached hydrogens (tertiary/aromatic N) is 3. The van der Waals surface area contributed by atoms with E-state index in [0.717, 1.165) is 25.1 Å². The topological polar surface area (TPSA) is 76.6 Å². The van der Waals surface area contributed by atoms with Gasteiger partial charge in [-0.2, -0.15) is 0 Å². The van der Waals surface area contributed by atoms with E-state index in [0.29, 0.717) is 31.3 Å². The zero-order chi connectivity index (χ0) is 17.4. The molecule has 1 N–H and O–H groups in total. The van der Waals surface area contributed by atoms with Crippen molar-refractivity contribution >= 4 is 11.9 Å². The van der Waals surface area contributed by atoms with E-state index in [4.69, 9.17) is 9.47 Å². The highest BCUT2D eigenvalue weighted by Crippen LogP contribution is 2.35. The van der Waals surface area contributed by atoms with E-state index in [1.807, 2.05) is 25.7 Å².